The van der Waals surface area contributed by atoms with Crippen LogP contribution in [0, 0.1) is 5.92 Å². The Morgan fingerprint density at radius 2 is 1.69 bits per heavy atom. The molecule has 4 nitrogen and oxygen atoms in total. The van der Waals surface area contributed by atoms with Crippen LogP contribution in [-0.2, 0) is 9.59 Å². The van der Waals surface area contributed by atoms with Crippen molar-refractivity contribution >= 4 is 24.2 Å². The third kappa shape index (κ3) is 4.94. The molecule has 5 heteroatoms. The lowest BCUT2D eigenvalue weighted by atomic mass is 9.92. The molecule has 0 aromatic rings. The Balaban J connectivity index is 0.00000225. The number of hydrogen-bond donors (Lipinski definition) is 2. The van der Waals surface area contributed by atoms with E-state index in [-0.39, 0.29) is 30.5 Å². The van der Waals surface area contributed by atoms with Crippen LogP contribution in [0.5, 0.6) is 0 Å². The molecule has 1 rings (SSSR count). The number of Topliss-reactive ketones (excluding diaryl/α,β-unsaturated/α-hetero) is 1. The number of carboxylic acid groups (broad SMARTS) is 1. The predicted octanol–water partition coefficient (Wildman–Crippen LogP) is 1.75. The first kappa shape index (κ1) is 15.4. The second-order valence-corrected chi connectivity index (χ2v) is 4.30. The fourth-order valence-electron chi connectivity index (χ4n) is 2.07. The standard InChI is InChI=1S/C11H19NO3.ClH/c12-9(11(14)15)7-10(13)8-5-3-1-2-4-6-8;/h8-9H,1-7,12H2,(H,14,15);1H. The highest BCUT2D eigenvalue weighted by molar-refractivity contribution is 5.87. The molecule has 3 N–H and O–H groups in total. The van der Waals surface area contributed by atoms with Gasteiger partial charge in [0.05, 0.1) is 0 Å². The maximum absolute atomic E-state index is 11.7. The van der Waals surface area contributed by atoms with Gasteiger partial charge in [0, 0.05) is 12.3 Å². The van der Waals surface area contributed by atoms with Crippen molar-refractivity contribution < 1.29 is 14.7 Å². The fraction of sp³-hybridized carbons (Fsp3) is 0.818. The van der Waals surface area contributed by atoms with Crippen molar-refractivity contribution in [2.75, 3.05) is 0 Å². The lowest BCUT2D eigenvalue weighted by molar-refractivity contribution is -0.140. The maximum atomic E-state index is 11.7. The van der Waals surface area contributed by atoms with Crippen LogP contribution in [-0.4, -0.2) is 22.9 Å². The van der Waals surface area contributed by atoms with Crippen LogP contribution in [0.4, 0.5) is 0 Å². The molecule has 0 saturated heterocycles. The van der Waals surface area contributed by atoms with E-state index in [0.717, 1.165) is 25.7 Å². The van der Waals surface area contributed by atoms with E-state index in [9.17, 15) is 9.59 Å². The molecule has 0 heterocycles. The Morgan fingerprint density at radius 3 is 2.12 bits per heavy atom. The molecule has 0 aromatic heterocycles. The minimum Gasteiger partial charge on any atom is -0.480 e. The molecule has 16 heavy (non-hydrogen) atoms. The summed E-state index contributed by atoms with van der Waals surface area (Å²) in [6.07, 6.45) is 6.34. The lowest BCUT2D eigenvalue weighted by Crippen LogP contribution is -2.34. The van der Waals surface area contributed by atoms with Gasteiger partial charge in [-0.2, -0.15) is 0 Å². The van der Waals surface area contributed by atoms with E-state index in [1.807, 2.05) is 0 Å². The minimum atomic E-state index is -1.09. The summed E-state index contributed by atoms with van der Waals surface area (Å²) < 4.78 is 0. The van der Waals surface area contributed by atoms with Crippen molar-refractivity contribution in [1.82, 2.24) is 0 Å². The highest BCUT2D eigenvalue weighted by Gasteiger charge is 2.24. The maximum Gasteiger partial charge on any atom is 0.320 e. The molecule has 0 bridgehead atoms. The molecular weight excluding hydrogens is 230 g/mol. The second-order valence-electron chi connectivity index (χ2n) is 4.30. The number of aliphatic carboxylic acids is 1. The van der Waals surface area contributed by atoms with Gasteiger partial charge in [-0.05, 0) is 12.8 Å². The number of carbonyl (C=O) groups is 2. The third-order valence-corrected chi connectivity index (χ3v) is 3.05. The van der Waals surface area contributed by atoms with Gasteiger partial charge < -0.3 is 10.8 Å². The van der Waals surface area contributed by atoms with Gasteiger partial charge in [-0.15, -0.1) is 12.4 Å². The van der Waals surface area contributed by atoms with E-state index in [2.05, 4.69) is 0 Å². The summed E-state index contributed by atoms with van der Waals surface area (Å²) in [4.78, 5) is 22.2. The van der Waals surface area contributed by atoms with Gasteiger partial charge in [-0.25, -0.2) is 0 Å². The highest BCUT2D eigenvalue weighted by atomic mass is 35.5. The Hall–Kier alpha value is -0.610. The monoisotopic (exact) mass is 249 g/mol. The summed E-state index contributed by atoms with van der Waals surface area (Å²) in [7, 11) is 0. The van der Waals surface area contributed by atoms with Gasteiger partial charge >= 0.3 is 5.97 Å². The summed E-state index contributed by atoms with van der Waals surface area (Å²) in [5.74, 6) is -0.998. The molecule has 1 aliphatic rings. The van der Waals surface area contributed by atoms with Crippen molar-refractivity contribution in [3.05, 3.63) is 0 Å². The number of ketones is 1. The normalized spacial score (nSPS) is 19.3. The van der Waals surface area contributed by atoms with E-state index in [0.29, 0.717) is 0 Å². The van der Waals surface area contributed by atoms with E-state index in [1.165, 1.54) is 12.8 Å². The molecule has 1 fully saturated rings. The second kappa shape index (κ2) is 7.63. The summed E-state index contributed by atoms with van der Waals surface area (Å²) >= 11 is 0. The summed E-state index contributed by atoms with van der Waals surface area (Å²) in [6.45, 7) is 0. The highest BCUT2D eigenvalue weighted by Crippen LogP contribution is 2.24. The van der Waals surface area contributed by atoms with Crippen molar-refractivity contribution in [3.63, 3.8) is 0 Å². The molecule has 0 radical (unpaired) electrons. The molecule has 0 amide bonds. The van der Waals surface area contributed by atoms with Crippen molar-refractivity contribution in [2.24, 2.45) is 11.7 Å². The van der Waals surface area contributed by atoms with Gasteiger partial charge in [-0.3, -0.25) is 9.59 Å². The average molecular weight is 250 g/mol. The van der Waals surface area contributed by atoms with Crippen LogP contribution >= 0.6 is 12.4 Å². The topological polar surface area (TPSA) is 80.4 Å². The zero-order valence-electron chi connectivity index (χ0n) is 9.35. The SMILES string of the molecule is Cl.NC(CC(=O)C1CCCCCC1)C(=O)O. The number of rotatable bonds is 4. The quantitative estimate of drug-likeness (QED) is 0.744. The fourth-order valence-corrected chi connectivity index (χ4v) is 2.07. The average Bonchev–Trinajstić information content (AvgIpc) is 2.45. The smallest absolute Gasteiger partial charge is 0.320 e. The van der Waals surface area contributed by atoms with Crippen molar-refractivity contribution in [1.29, 1.82) is 0 Å². The Labute approximate surface area is 102 Å². The number of carboxylic acids is 1. The molecule has 0 aromatic carbocycles. The molecule has 1 saturated carbocycles. The minimum absolute atomic E-state index is 0. The predicted molar refractivity (Wildman–Crippen MR) is 63.7 cm³/mol. The molecule has 0 spiro atoms. The lowest BCUT2D eigenvalue weighted by Gasteiger charge is -2.13. The van der Waals surface area contributed by atoms with E-state index in [4.69, 9.17) is 10.8 Å². The first-order valence-corrected chi connectivity index (χ1v) is 5.62. The Bertz CT molecular complexity index is 237. The third-order valence-electron chi connectivity index (χ3n) is 3.05. The molecule has 94 valence electrons. The number of halogens is 1. The van der Waals surface area contributed by atoms with Gasteiger partial charge in [-0.1, -0.05) is 25.7 Å². The van der Waals surface area contributed by atoms with Crippen LogP contribution in [0.2, 0.25) is 0 Å². The van der Waals surface area contributed by atoms with Gasteiger partial charge in [0.15, 0.2) is 0 Å². The number of carbonyl (C=O) groups excluding carboxylic acids is 1. The van der Waals surface area contributed by atoms with Crippen molar-refractivity contribution in [3.8, 4) is 0 Å². The number of hydrogen-bond acceptors (Lipinski definition) is 3. The zero-order valence-corrected chi connectivity index (χ0v) is 10.2. The molecular formula is C11H20ClNO3. The van der Waals surface area contributed by atoms with Crippen LogP contribution in [0.1, 0.15) is 44.9 Å². The molecule has 1 aliphatic carbocycles. The molecule has 1 atom stereocenters. The van der Waals surface area contributed by atoms with Gasteiger partial charge in [0.1, 0.15) is 11.8 Å². The molecule has 0 aliphatic heterocycles. The van der Waals surface area contributed by atoms with Gasteiger partial charge in [0.2, 0.25) is 0 Å². The first-order valence-electron chi connectivity index (χ1n) is 5.62. The first-order chi connectivity index (χ1) is 7.11. The number of nitrogens with two attached hydrogens (primary N) is 1. The Morgan fingerprint density at radius 1 is 1.19 bits per heavy atom. The van der Waals surface area contributed by atoms with E-state index >= 15 is 0 Å². The van der Waals surface area contributed by atoms with Crippen LogP contribution in [0.15, 0.2) is 0 Å². The van der Waals surface area contributed by atoms with Gasteiger partial charge in [0.25, 0.3) is 0 Å². The van der Waals surface area contributed by atoms with Crippen LogP contribution < -0.4 is 5.73 Å². The summed E-state index contributed by atoms with van der Waals surface area (Å²) in [6, 6.07) is -1.03. The summed E-state index contributed by atoms with van der Waals surface area (Å²) in [5, 5.41) is 8.61. The van der Waals surface area contributed by atoms with Crippen LogP contribution in [0.3, 0.4) is 0 Å². The largest absolute Gasteiger partial charge is 0.480 e. The summed E-state index contributed by atoms with van der Waals surface area (Å²) in [5.41, 5.74) is 5.34. The van der Waals surface area contributed by atoms with Crippen LogP contribution in [0.25, 0.3) is 0 Å². The Kier molecular flexibility index (Phi) is 7.34. The van der Waals surface area contributed by atoms with E-state index < -0.39 is 12.0 Å². The zero-order chi connectivity index (χ0) is 11.3. The van der Waals surface area contributed by atoms with E-state index in [1.54, 1.807) is 0 Å². The van der Waals surface area contributed by atoms with Crippen molar-refractivity contribution in [2.45, 2.75) is 51.0 Å². The molecule has 1 unspecified atom stereocenters.